The Labute approximate surface area is 154 Å². The van der Waals surface area contributed by atoms with Gasteiger partial charge in [-0.1, -0.05) is 17.7 Å². The molecule has 1 aromatic carbocycles. The molecule has 1 atom stereocenters. The van der Waals surface area contributed by atoms with Gasteiger partial charge in [-0.15, -0.1) is 10.2 Å². The molecule has 8 nitrogen and oxygen atoms in total. The van der Waals surface area contributed by atoms with E-state index in [2.05, 4.69) is 15.2 Å². The van der Waals surface area contributed by atoms with Gasteiger partial charge in [0.1, 0.15) is 10.9 Å². The zero-order valence-corrected chi connectivity index (χ0v) is 15.1. The summed E-state index contributed by atoms with van der Waals surface area (Å²) in [6, 6.07) is 9.68. The van der Waals surface area contributed by atoms with Crippen molar-refractivity contribution in [1.82, 2.24) is 15.2 Å². The Kier molecular flexibility index (Phi) is 5.21. The molecule has 3 rings (SSSR count). The lowest BCUT2D eigenvalue weighted by molar-refractivity contribution is 0.340. The first-order valence-electron chi connectivity index (χ1n) is 7.53. The Morgan fingerprint density at radius 2 is 1.92 bits per heavy atom. The maximum Gasteiger partial charge on any atom is 0.281 e. The molecule has 0 fully saturated rings. The third kappa shape index (κ3) is 4.01. The molecule has 2 aromatic heterocycles. The highest BCUT2D eigenvalue weighted by Crippen LogP contribution is 2.31. The van der Waals surface area contributed by atoms with E-state index >= 15 is 0 Å². The first-order valence-corrected chi connectivity index (χ1v) is 9.41. The van der Waals surface area contributed by atoms with Crippen LogP contribution in [0.25, 0.3) is 11.5 Å². The van der Waals surface area contributed by atoms with E-state index in [9.17, 15) is 13.0 Å². The maximum absolute atomic E-state index is 11.8. The number of hydrogen-bond donors (Lipinski definition) is 1. The second-order valence-corrected chi connectivity index (χ2v) is 7.10. The lowest BCUT2D eigenvalue weighted by Gasteiger charge is -2.09. The number of nitrogens with zero attached hydrogens (tertiary/aromatic N) is 3. The molecule has 10 heteroatoms. The maximum atomic E-state index is 11.8. The molecule has 0 saturated carbocycles. The van der Waals surface area contributed by atoms with E-state index in [1.807, 2.05) is 6.92 Å². The van der Waals surface area contributed by atoms with Crippen molar-refractivity contribution in [3.8, 4) is 17.2 Å². The molecule has 1 unspecified atom stereocenters. The first kappa shape index (κ1) is 18.3. The molecule has 0 saturated heterocycles. The van der Waals surface area contributed by atoms with E-state index in [1.54, 1.807) is 24.3 Å². The highest BCUT2D eigenvalue weighted by atomic mass is 35.5. The molecule has 26 heavy (non-hydrogen) atoms. The van der Waals surface area contributed by atoms with E-state index < -0.39 is 15.4 Å². The van der Waals surface area contributed by atoms with Crippen LogP contribution in [0.4, 0.5) is 0 Å². The Morgan fingerprint density at radius 3 is 2.50 bits per heavy atom. The number of benzene rings is 1. The number of rotatable bonds is 6. The average Bonchev–Trinajstić information content (AvgIpc) is 3.06. The summed E-state index contributed by atoms with van der Waals surface area (Å²) in [4.78, 5) is 3.82. The van der Waals surface area contributed by atoms with Crippen LogP contribution in [0, 0.1) is 0 Å². The van der Waals surface area contributed by atoms with Crippen LogP contribution in [0.2, 0.25) is 5.15 Å². The van der Waals surface area contributed by atoms with Gasteiger partial charge >= 0.3 is 0 Å². The van der Waals surface area contributed by atoms with Gasteiger partial charge in [-0.3, -0.25) is 4.55 Å². The topological polar surface area (TPSA) is 115 Å². The van der Waals surface area contributed by atoms with Crippen LogP contribution in [-0.4, -0.2) is 34.8 Å². The minimum absolute atomic E-state index is 0.110. The van der Waals surface area contributed by atoms with Crippen molar-refractivity contribution >= 4 is 21.7 Å². The third-order valence-corrected chi connectivity index (χ3v) is 4.72. The van der Waals surface area contributed by atoms with Crippen molar-refractivity contribution in [2.45, 2.75) is 12.2 Å². The molecule has 0 aliphatic rings. The molecule has 3 aromatic rings. The zero-order valence-electron chi connectivity index (χ0n) is 13.5. The Bertz CT molecular complexity index is 987. The summed E-state index contributed by atoms with van der Waals surface area (Å²) >= 11 is 5.71. The second kappa shape index (κ2) is 7.40. The van der Waals surface area contributed by atoms with Gasteiger partial charge in [0.2, 0.25) is 11.8 Å². The smallest absolute Gasteiger partial charge is 0.281 e. The fourth-order valence-corrected chi connectivity index (χ4v) is 3.25. The fourth-order valence-electron chi connectivity index (χ4n) is 2.30. The van der Waals surface area contributed by atoms with Crippen LogP contribution < -0.4 is 4.74 Å². The highest BCUT2D eigenvalue weighted by Gasteiger charge is 2.33. The number of pyridine rings is 1. The monoisotopic (exact) mass is 395 g/mol. The van der Waals surface area contributed by atoms with E-state index in [1.165, 1.54) is 18.3 Å². The largest absolute Gasteiger partial charge is 0.494 e. The number of aromatic nitrogens is 3. The Morgan fingerprint density at radius 1 is 1.19 bits per heavy atom. The second-order valence-electron chi connectivity index (χ2n) is 5.21. The van der Waals surface area contributed by atoms with Crippen molar-refractivity contribution in [3.05, 3.63) is 59.2 Å². The van der Waals surface area contributed by atoms with Crippen LogP contribution in [-0.2, 0) is 10.1 Å². The van der Waals surface area contributed by atoms with E-state index in [-0.39, 0.29) is 22.5 Å². The lowest BCUT2D eigenvalue weighted by Crippen LogP contribution is -2.14. The van der Waals surface area contributed by atoms with Gasteiger partial charge in [-0.2, -0.15) is 8.42 Å². The molecule has 0 spiro atoms. The van der Waals surface area contributed by atoms with E-state index in [0.29, 0.717) is 17.9 Å². The first-order chi connectivity index (χ1) is 12.4. The lowest BCUT2D eigenvalue weighted by atomic mass is 10.2. The minimum atomic E-state index is -4.57. The summed E-state index contributed by atoms with van der Waals surface area (Å²) in [5.74, 6) is 0.512. The normalized spacial score (nSPS) is 12.7. The SMILES string of the molecule is CCOc1ccc(-c2nnc(C(c3ccc(Cl)nc3)S(=O)(=O)O)o2)cc1. The van der Waals surface area contributed by atoms with Gasteiger partial charge in [-0.05, 0) is 37.3 Å². The molecule has 136 valence electrons. The summed E-state index contributed by atoms with van der Waals surface area (Å²) in [6.07, 6.45) is 1.22. The average molecular weight is 396 g/mol. The highest BCUT2D eigenvalue weighted by molar-refractivity contribution is 7.86. The van der Waals surface area contributed by atoms with Gasteiger partial charge in [0, 0.05) is 17.3 Å². The molecule has 2 heterocycles. The van der Waals surface area contributed by atoms with Crippen LogP contribution in [0.3, 0.4) is 0 Å². The van der Waals surface area contributed by atoms with Crippen molar-refractivity contribution in [2.24, 2.45) is 0 Å². The van der Waals surface area contributed by atoms with Crippen LogP contribution >= 0.6 is 11.6 Å². The van der Waals surface area contributed by atoms with Crippen molar-refractivity contribution in [2.75, 3.05) is 6.61 Å². The zero-order chi connectivity index (χ0) is 18.7. The predicted molar refractivity (Wildman–Crippen MR) is 93.5 cm³/mol. The van der Waals surface area contributed by atoms with Gasteiger partial charge < -0.3 is 9.15 Å². The summed E-state index contributed by atoms with van der Waals surface area (Å²) in [6.45, 7) is 2.41. The molecule has 0 amide bonds. The van der Waals surface area contributed by atoms with Crippen LogP contribution in [0.15, 0.2) is 47.0 Å². The van der Waals surface area contributed by atoms with Crippen molar-refractivity contribution in [3.63, 3.8) is 0 Å². The standard InChI is InChI=1S/C16H14ClN3O5S/c1-2-24-12-6-3-10(4-7-12)15-19-20-16(25-15)14(26(21,22)23)11-5-8-13(17)18-9-11/h3-9,14H,2H2,1H3,(H,21,22,23). The minimum Gasteiger partial charge on any atom is -0.494 e. The van der Waals surface area contributed by atoms with E-state index in [4.69, 9.17) is 20.8 Å². The van der Waals surface area contributed by atoms with Crippen LogP contribution in [0.1, 0.15) is 23.6 Å². The van der Waals surface area contributed by atoms with Gasteiger partial charge in [0.15, 0.2) is 5.25 Å². The molecule has 0 aliphatic carbocycles. The molecule has 0 radical (unpaired) electrons. The van der Waals surface area contributed by atoms with Crippen molar-refractivity contribution in [1.29, 1.82) is 0 Å². The van der Waals surface area contributed by atoms with Crippen LogP contribution in [0.5, 0.6) is 5.75 Å². The Balaban J connectivity index is 1.96. The van der Waals surface area contributed by atoms with Gasteiger partial charge in [0.25, 0.3) is 10.1 Å². The predicted octanol–water partition coefficient (Wildman–Crippen LogP) is 3.16. The molecule has 0 bridgehead atoms. The van der Waals surface area contributed by atoms with E-state index in [0.717, 1.165) is 0 Å². The quantitative estimate of drug-likeness (QED) is 0.499. The molecule has 0 aliphatic heterocycles. The summed E-state index contributed by atoms with van der Waals surface area (Å²) in [5.41, 5.74) is 0.731. The molecular weight excluding hydrogens is 382 g/mol. The van der Waals surface area contributed by atoms with Gasteiger partial charge in [0.05, 0.1) is 6.61 Å². The van der Waals surface area contributed by atoms with Crippen molar-refractivity contribution < 1.29 is 22.1 Å². The summed E-state index contributed by atoms with van der Waals surface area (Å²) in [7, 11) is -4.57. The fraction of sp³-hybridized carbons (Fsp3) is 0.188. The molecular formula is C16H14ClN3O5S. The summed E-state index contributed by atoms with van der Waals surface area (Å²) in [5, 5.41) is 6.25. The van der Waals surface area contributed by atoms with Gasteiger partial charge in [-0.25, -0.2) is 4.98 Å². The number of halogens is 1. The Hall–Kier alpha value is -2.49. The number of hydrogen-bond acceptors (Lipinski definition) is 7. The molecule has 1 N–H and O–H groups in total. The number of ether oxygens (including phenoxy) is 1. The third-order valence-electron chi connectivity index (χ3n) is 3.43. The summed E-state index contributed by atoms with van der Waals surface area (Å²) < 4.78 is 44.1.